The molecule has 0 spiro atoms. The molecule has 0 amide bonds. The second kappa shape index (κ2) is 4.98. The molecule has 0 bridgehead atoms. The molecule has 16 heavy (non-hydrogen) atoms. The zero-order chi connectivity index (χ0) is 12.3. The van der Waals surface area contributed by atoms with Gasteiger partial charge in [-0.1, -0.05) is 32.0 Å². The lowest BCUT2D eigenvalue weighted by molar-refractivity contribution is -0.183. The highest BCUT2D eigenvalue weighted by atomic mass is 16.6. The Kier molecular flexibility index (Phi) is 4.11. The summed E-state index contributed by atoms with van der Waals surface area (Å²) in [6.07, 6.45) is 0. The molecular weight excluding hydrogens is 200 g/mol. The maximum absolute atomic E-state index is 9.49. The average Bonchev–Trinajstić information content (AvgIpc) is 2.14. The van der Waals surface area contributed by atoms with Crippen molar-refractivity contribution in [1.82, 2.24) is 0 Å². The molecule has 2 heteroatoms. The number of hydrogen-bond donors (Lipinski definition) is 1. The van der Waals surface area contributed by atoms with E-state index >= 15 is 0 Å². The SMILES string of the molecule is Cc1cc(C(C)C)ccc1COC(C)(C)O. The quantitative estimate of drug-likeness (QED) is 0.791. The molecule has 90 valence electrons. The summed E-state index contributed by atoms with van der Waals surface area (Å²) in [5.74, 6) is -0.522. The van der Waals surface area contributed by atoms with Crippen molar-refractivity contribution in [3.8, 4) is 0 Å². The van der Waals surface area contributed by atoms with Crippen molar-refractivity contribution in [3.63, 3.8) is 0 Å². The molecule has 0 aliphatic carbocycles. The van der Waals surface area contributed by atoms with Crippen LogP contribution < -0.4 is 0 Å². The van der Waals surface area contributed by atoms with Crippen LogP contribution in [-0.4, -0.2) is 10.9 Å². The van der Waals surface area contributed by atoms with E-state index in [1.165, 1.54) is 11.1 Å². The molecule has 0 unspecified atom stereocenters. The molecule has 1 N–H and O–H groups in total. The van der Waals surface area contributed by atoms with Crippen LogP contribution in [0, 0.1) is 6.92 Å². The van der Waals surface area contributed by atoms with E-state index in [1.54, 1.807) is 13.8 Å². The summed E-state index contributed by atoms with van der Waals surface area (Å²) < 4.78 is 5.35. The first-order chi connectivity index (χ1) is 7.29. The third kappa shape index (κ3) is 3.95. The Balaban J connectivity index is 2.76. The Morgan fingerprint density at radius 1 is 1.31 bits per heavy atom. The topological polar surface area (TPSA) is 29.5 Å². The van der Waals surface area contributed by atoms with Gasteiger partial charge in [0.1, 0.15) is 0 Å². The standard InChI is InChI=1S/C14H22O2/c1-10(2)12-6-7-13(11(3)8-12)9-16-14(4,5)15/h6-8,10,15H,9H2,1-5H3. The summed E-state index contributed by atoms with van der Waals surface area (Å²) in [7, 11) is 0. The lowest BCUT2D eigenvalue weighted by Crippen LogP contribution is -2.23. The van der Waals surface area contributed by atoms with Crippen molar-refractivity contribution in [3.05, 3.63) is 34.9 Å². The second-order valence-electron chi connectivity index (χ2n) is 5.08. The summed E-state index contributed by atoms with van der Waals surface area (Å²) >= 11 is 0. The molecule has 2 nitrogen and oxygen atoms in total. The monoisotopic (exact) mass is 222 g/mol. The summed E-state index contributed by atoms with van der Waals surface area (Å²) in [4.78, 5) is 0. The minimum atomic E-state index is -1.07. The van der Waals surface area contributed by atoms with Gasteiger partial charge in [-0.25, -0.2) is 0 Å². The molecule has 0 radical (unpaired) electrons. The van der Waals surface area contributed by atoms with E-state index in [2.05, 4.69) is 39.0 Å². The van der Waals surface area contributed by atoms with E-state index in [0.29, 0.717) is 12.5 Å². The van der Waals surface area contributed by atoms with Gasteiger partial charge in [0.25, 0.3) is 0 Å². The number of benzene rings is 1. The van der Waals surface area contributed by atoms with Crippen molar-refractivity contribution in [2.75, 3.05) is 0 Å². The van der Waals surface area contributed by atoms with Gasteiger partial charge in [-0.15, -0.1) is 0 Å². The summed E-state index contributed by atoms with van der Waals surface area (Å²) in [6, 6.07) is 6.39. The first-order valence-corrected chi connectivity index (χ1v) is 5.75. The fourth-order valence-electron chi connectivity index (χ4n) is 1.49. The minimum absolute atomic E-state index is 0.452. The molecule has 1 rings (SSSR count). The van der Waals surface area contributed by atoms with Crippen LogP contribution in [0.5, 0.6) is 0 Å². The third-order valence-electron chi connectivity index (χ3n) is 2.61. The Hall–Kier alpha value is -0.860. The van der Waals surface area contributed by atoms with Crippen LogP contribution in [0.4, 0.5) is 0 Å². The molecule has 0 atom stereocenters. The third-order valence-corrected chi connectivity index (χ3v) is 2.61. The minimum Gasteiger partial charge on any atom is -0.366 e. The van der Waals surface area contributed by atoms with Crippen LogP contribution >= 0.6 is 0 Å². The molecule has 0 aliphatic rings. The average molecular weight is 222 g/mol. The van der Waals surface area contributed by atoms with Gasteiger partial charge in [-0.05, 0) is 43.4 Å². The molecule has 1 aromatic rings. The zero-order valence-corrected chi connectivity index (χ0v) is 10.9. The number of rotatable bonds is 4. The van der Waals surface area contributed by atoms with Crippen LogP contribution in [0.3, 0.4) is 0 Å². The summed E-state index contributed by atoms with van der Waals surface area (Å²) in [5.41, 5.74) is 3.69. The number of ether oxygens (including phenoxy) is 1. The Morgan fingerprint density at radius 3 is 2.38 bits per heavy atom. The van der Waals surface area contributed by atoms with E-state index < -0.39 is 5.79 Å². The molecule has 1 aromatic carbocycles. The number of hydrogen-bond acceptors (Lipinski definition) is 2. The van der Waals surface area contributed by atoms with Crippen molar-refractivity contribution in [2.24, 2.45) is 0 Å². The van der Waals surface area contributed by atoms with E-state index in [-0.39, 0.29) is 0 Å². The van der Waals surface area contributed by atoms with Crippen LogP contribution in [0.1, 0.15) is 50.3 Å². The molecule has 0 heterocycles. The maximum Gasteiger partial charge on any atom is 0.160 e. The fourth-order valence-corrected chi connectivity index (χ4v) is 1.49. The first kappa shape index (κ1) is 13.2. The molecular formula is C14H22O2. The molecule has 0 saturated carbocycles. The van der Waals surface area contributed by atoms with Crippen LogP contribution in [-0.2, 0) is 11.3 Å². The summed E-state index contributed by atoms with van der Waals surface area (Å²) in [5, 5.41) is 9.49. The lowest BCUT2D eigenvalue weighted by Gasteiger charge is -2.19. The van der Waals surface area contributed by atoms with Gasteiger partial charge in [0.2, 0.25) is 0 Å². The molecule has 0 aromatic heterocycles. The molecule has 0 saturated heterocycles. The van der Waals surface area contributed by atoms with Crippen molar-refractivity contribution >= 4 is 0 Å². The second-order valence-corrected chi connectivity index (χ2v) is 5.08. The van der Waals surface area contributed by atoms with Gasteiger partial charge in [0.05, 0.1) is 6.61 Å². The van der Waals surface area contributed by atoms with Gasteiger partial charge in [0, 0.05) is 0 Å². The van der Waals surface area contributed by atoms with E-state index in [9.17, 15) is 5.11 Å². The van der Waals surface area contributed by atoms with Gasteiger partial charge in [-0.3, -0.25) is 0 Å². The van der Waals surface area contributed by atoms with E-state index in [4.69, 9.17) is 4.74 Å². The van der Waals surface area contributed by atoms with Crippen molar-refractivity contribution in [2.45, 2.75) is 52.9 Å². The predicted molar refractivity (Wildman–Crippen MR) is 66.4 cm³/mol. The Morgan fingerprint density at radius 2 is 1.94 bits per heavy atom. The van der Waals surface area contributed by atoms with Crippen molar-refractivity contribution < 1.29 is 9.84 Å². The smallest absolute Gasteiger partial charge is 0.160 e. The Labute approximate surface area is 98.3 Å². The zero-order valence-electron chi connectivity index (χ0n) is 10.9. The number of aryl methyl sites for hydroxylation is 1. The van der Waals surface area contributed by atoms with E-state index in [0.717, 1.165) is 5.56 Å². The largest absolute Gasteiger partial charge is 0.366 e. The normalized spacial score (nSPS) is 12.2. The van der Waals surface area contributed by atoms with Gasteiger partial charge >= 0.3 is 0 Å². The highest BCUT2D eigenvalue weighted by Gasteiger charge is 2.13. The highest BCUT2D eigenvalue weighted by molar-refractivity contribution is 5.32. The number of aliphatic hydroxyl groups is 1. The van der Waals surface area contributed by atoms with Gasteiger partial charge < -0.3 is 9.84 Å². The van der Waals surface area contributed by atoms with Crippen molar-refractivity contribution in [1.29, 1.82) is 0 Å². The van der Waals surface area contributed by atoms with Crippen LogP contribution in [0.25, 0.3) is 0 Å². The highest BCUT2D eigenvalue weighted by Crippen LogP contribution is 2.20. The van der Waals surface area contributed by atoms with E-state index in [1.807, 2.05) is 0 Å². The predicted octanol–water partition coefficient (Wildman–Crippen LogP) is 3.36. The fraction of sp³-hybridized carbons (Fsp3) is 0.571. The van der Waals surface area contributed by atoms with Crippen LogP contribution in [0.15, 0.2) is 18.2 Å². The maximum atomic E-state index is 9.49. The molecule has 0 fully saturated rings. The van der Waals surface area contributed by atoms with Gasteiger partial charge in [-0.2, -0.15) is 0 Å². The van der Waals surface area contributed by atoms with Gasteiger partial charge in [0.15, 0.2) is 5.79 Å². The molecule has 0 aliphatic heterocycles. The van der Waals surface area contributed by atoms with Crippen LogP contribution in [0.2, 0.25) is 0 Å². The Bertz CT molecular complexity index is 348. The first-order valence-electron chi connectivity index (χ1n) is 5.75. The lowest BCUT2D eigenvalue weighted by atomic mass is 9.98. The summed E-state index contributed by atoms with van der Waals surface area (Å²) in [6.45, 7) is 10.2.